The first-order valence-corrected chi connectivity index (χ1v) is 6.93. The number of halogens is 1. The molecule has 0 fully saturated rings. The standard InChI is InChI=1S/C17H20ClN/c1-11-5-4-6-12(2)15(11)10-17(19)14-7-8-16(18)13(3)9-14/h4-9,17H,10,19H2,1-3H3. The van der Waals surface area contributed by atoms with E-state index in [0.29, 0.717) is 0 Å². The highest BCUT2D eigenvalue weighted by molar-refractivity contribution is 6.31. The van der Waals surface area contributed by atoms with Crippen molar-refractivity contribution in [3.8, 4) is 0 Å². The van der Waals surface area contributed by atoms with Crippen LogP contribution in [0.5, 0.6) is 0 Å². The van der Waals surface area contributed by atoms with Gasteiger partial charge in [-0.1, -0.05) is 41.9 Å². The van der Waals surface area contributed by atoms with Crippen LogP contribution >= 0.6 is 11.6 Å². The molecular formula is C17H20ClN. The van der Waals surface area contributed by atoms with Crippen molar-refractivity contribution in [3.63, 3.8) is 0 Å². The van der Waals surface area contributed by atoms with Gasteiger partial charge in [0.1, 0.15) is 0 Å². The molecule has 2 heteroatoms. The lowest BCUT2D eigenvalue weighted by atomic mass is 9.93. The third-order valence-corrected chi connectivity index (χ3v) is 4.10. The van der Waals surface area contributed by atoms with Crippen molar-refractivity contribution >= 4 is 11.6 Å². The van der Waals surface area contributed by atoms with Gasteiger partial charge in [0.2, 0.25) is 0 Å². The van der Waals surface area contributed by atoms with Gasteiger partial charge in [-0.3, -0.25) is 0 Å². The molecule has 2 N–H and O–H groups in total. The first-order chi connectivity index (χ1) is 8.99. The summed E-state index contributed by atoms with van der Waals surface area (Å²) in [5.74, 6) is 0. The number of rotatable bonds is 3. The second kappa shape index (κ2) is 5.77. The topological polar surface area (TPSA) is 26.0 Å². The lowest BCUT2D eigenvalue weighted by molar-refractivity contribution is 0.715. The van der Waals surface area contributed by atoms with Crippen LogP contribution in [-0.2, 0) is 6.42 Å². The van der Waals surface area contributed by atoms with Gasteiger partial charge in [0, 0.05) is 11.1 Å². The molecule has 1 unspecified atom stereocenters. The lowest BCUT2D eigenvalue weighted by Crippen LogP contribution is -2.15. The SMILES string of the molecule is Cc1cc(C(N)Cc2c(C)cccc2C)ccc1Cl. The molecule has 0 aliphatic carbocycles. The van der Waals surface area contributed by atoms with Gasteiger partial charge < -0.3 is 5.73 Å². The molecule has 1 atom stereocenters. The van der Waals surface area contributed by atoms with Crippen LogP contribution in [0.1, 0.15) is 33.9 Å². The Morgan fingerprint density at radius 1 is 1.00 bits per heavy atom. The predicted octanol–water partition coefficient (Wildman–Crippen LogP) is 4.51. The molecule has 2 aromatic carbocycles. The van der Waals surface area contributed by atoms with Crippen molar-refractivity contribution in [2.45, 2.75) is 33.2 Å². The van der Waals surface area contributed by atoms with Crippen LogP contribution in [0.4, 0.5) is 0 Å². The van der Waals surface area contributed by atoms with Crippen molar-refractivity contribution in [2.75, 3.05) is 0 Å². The fourth-order valence-corrected chi connectivity index (χ4v) is 2.52. The van der Waals surface area contributed by atoms with E-state index in [4.69, 9.17) is 17.3 Å². The summed E-state index contributed by atoms with van der Waals surface area (Å²) in [5, 5.41) is 0.794. The molecule has 0 amide bonds. The summed E-state index contributed by atoms with van der Waals surface area (Å²) in [4.78, 5) is 0. The largest absolute Gasteiger partial charge is 0.324 e. The molecule has 0 aliphatic heterocycles. The lowest BCUT2D eigenvalue weighted by Gasteiger charge is -2.16. The Balaban J connectivity index is 2.25. The maximum atomic E-state index is 6.34. The Morgan fingerprint density at radius 3 is 2.21 bits per heavy atom. The molecule has 2 aromatic rings. The number of benzene rings is 2. The minimum Gasteiger partial charge on any atom is -0.324 e. The second-order valence-corrected chi connectivity index (χ2v) is 5.60. The zero-order valence-electron chi connectivity index (χ0n) is 11.7. The first-order valence-electron chi connectivity index (χ1n) is 6.55. The smallest absolute Gasteiger partial charge is 0.0435 e. The highest BCUT2D eigenvalue weighted by Gasteiger charge is 2.11. The molecule has 0 heterocycles. The zero-order chi connectivity index (χ0) is 14.0. The van der Waals surface area contributed by atoms with E-state index < -0.39 is 0 Å². The Hall–Kier alpha value is -1.31. The first kappa shape index (κ1) is 14.1. The van der Waals surface area contributed by atoms with Crippen molar-refractivity contribution in [1.82, 2.24) is 0 Å². The van der Waals surface area contributed by atoms with Crippen LogP contribution in [0.2, 0.25) is 5.02 Å². The molecule has 0 saturated heterocycles. The van der Waals surface area contributed by atoms with Gasteiger partial charge in [0.15, 0.2) is 0 Å². The summed E-state index contributed by atoms with van der Waals surface area (Å²) >= 11 is 6.06. The van der Waals surface area contributed by atoms with E-state index in [9.17, 15) is 0 Å². The molecule has 0 aliphatic rings. The minimum atomic E-state index is 0.00997. The summed E-state index contributed by atoms with van der Waals surface area (Å²) in [6.45, 7) is 6.29. The van der Waals surface area contributed by atoms with Gasteiger partial charge in [-0.15, -0.1) is 0 Å². The summed E-state index contributed by atoms with van der Waals surface area (Å²) < 4.78 is 0. The van der Waals surface area contributed by atoms with Crippen LogP contribution in [-0.4, -0.2) is 0 Å². The van der Waals surface area contributed by atoms with Crippen molar-refractivity contribution < 1.29 is 0 Å². The maximum Gasteiger partial charge on any atom is 0.0435 e. The molecule has 0 bridgehead atoms. The molecule has 0 saturated carbocycles. The maximum absolute atomic E-state index is 6.34. The monoisotopic (exact) mass is 273 g/mol. The van der Waals surface area contributed by atoms with Gasteiger partial charge in [-0.2, -0.15) is 0 Å². The molecule has 2 rings (SSSR count). The third-order valence-electron chi connectivity index (χ3n) is 3.68. The Kier molecular flexibility index (Phi) is 4.28. The van der Waals surface area contributed by atoms with Crippen LogP contribution in [0.25, 0.3) is 0 Å². The van der Waals surface area contributed by atoms with Crippen LogP contribution in [0.15, 0.2) is 36.4 Å². The number of nitrogens with two attached hydrogens (primary N) is 1. The van der Waals surface area contributed by atoms with Gasteiger partial charge >= 0.3 is 0 Å². The predicted molar refractivity (Wildman–Crippen MR) is 82.7 cm³/mol. The van der Waals surface area contributed by atoms with E-state index in [1.807, 2.05) is 19.1 Å². The molecule has 0 spiro atoms. The fourth-order valence-electron chi connectivity index (χ4n) is 2.41. The zero-order valence-corrected chi connectivity index (χ0v) is 12.5. The molecule has 100 valence electrons. The highest BCUT2D eigenvalue weighted by atomic mass is 35.5. The fraction of sp³-hybridized carbons (Fsp3) is 0.294. The average Bonchev–Trinajstić information content (AvgIpc) is 2.37. The normalized spacial score (nSPS) is 12.5. The van der Waals surface area contributed by atoms with E-state index in [1.165, 1.54) is 16.7 Å². The average molecular weight is 274 g/mol. The highest BCUT2D eigenvalue weighted by Crippen LogP contribution is 2.24. The Labute approximate surface area is 120 Å². The molecule has 1 nitrogen and oxygen atoms in total. The molecule has 0 aromatic heterocycles. The number of hydrogen-bond acceptors (Lipinski definition) is 1. The van der Waals surface area contributed by atoms with E-state index in [2.05, 4.69) is 38.1 Å². The van der Waals surface area contributed by atoms with Gasteiger partial charge in [-0.25, -0.2) is 0 Å². The van der Waals surface area contributed by atoms with Crippen LogP contribution in [0.3, 0.4) is 0 Å². The summed E-state index contributed by atoms with van der Waals surface area (Å²) in [5.41, 5.74) is 12.5. The molecular weight excluding hydrogens is 254 g/mol. The van der Waals surface area contributed by atoms with E-state index in [-0.39, 0.29) is 6.04 Å². The van der Waals surface area contributed by atoms with E-state index in [1.54, 1.807) is 0 Å². The van der Waals surface area contributed by atoms with Gasteiger partial charge in [-0.05, 0) is 61.1 Å². The summed E-state index contributed by atoms with van der Waals surface area (Å²) in [6.07, 6.45) is 0.861. The number of aryl methyl sites for hydroxylation is 3. The van der Waals surface area contributed by atoms with E-state index >= 15 is 0 Å². The summed E-state index contributed by atoms with van der Waals surface area (Å²) in [7, 11) is 0. The Bertz CT molecular complexity index is 570. The third kappa shape index (κ3) is 3.17. The van der Waals surface area contributed by atoms with Gasteiger partial charge in [0.25, 0.3) is 0 Å². The van der Waals surface area contributed by atoms with Crippen LogP contribution < -0.4 is 5.73 Å². The van der Waals surface area contributed by atoms with Crippen LogP contribution in [0, 0.1) is 20.8 Å². The Morgan fingerprint density at radius 2 is 1.63 bits per heavy atom. The quantitative estimate of drug-likeness (QED) is 0.875. The van der Waals surface area contributed by atoms with Gasteiger partial charge in [0.05, 0.1) is 0 Å². The van der Waals surface area contributed by atoms with Crippen molar-refractivity contribution in [2.24, 2.45) is 5.73 Å². The number of hydrogen-bond donors (Lipinski definition) is 1. The van der Waals surface area contributed by atoms with E-state index in [0.717, 1.165) is 22.6 Å². The second-order valence-electron chi connectivity index (χ2n) is 5.19. The van der Waals surface area contributed by atoms with Crippen molar-refractivity contribution in [1.29, 1.82) is 0 Å². The van der Waals surface area contributed by atoms with Crippen molar-refractivity contribution in [3.05, 3.63) is 69.2 Å². The minimum absolute atomic E-state index is 0.00997. The molecule has 0 radical (unpaired) electrons. The molecule has 19 heavy (non-hydrogen) atoms. The summed E-state index contributed by atoms with van der Waals surface area (Å²) in [6, 6.07) is 12.4.